The maximum Gasteiger partial charge on any atom is 0.354 e. The second kappa shape index (κ2) is 6.91. The molecule has 2 aromatic heterocycles. The molecule has 122 valence electrons. The maximum atomic E-state index is 12.5. The summed E-state index contributed by atoms with van der Waals surface area (Å²) in [6, 6.07) is 2.69. The first kappa shape index (κ1) is 16.5. The minimum absolute atomic E-state index is 0.0202. The van der Waals surface area contributed by atoms with Gasteiger partial charge in [-0.2, -0.15) is 0 Å². The molecule has 0 radical (unpaired) electrons. The normalized spacial score (nSPS) is 10.4. The second-order valence-electron chi connectivity index (χ2n) is 4.91. The minimum atomic E-state index is -1.22. The van der Waals surface area contributed by atoms with Gasteiger partial charge >= 0.3 is 5.97 Å². The molecule has 8 nitrogen and oxygen atoms in total. The van der Waals surface area contributed by atoms with Crippen LogP contribution in [0.4, 0.5) is 0 Å². The van der Waals surface area contributed by atoms with Crippen molar-refractivity contribution in [1.82, 2.24) is 19.4 Å². The number of carbonyl (C=O) groups is 2. The van der Waals surface area contributed by atoms with Crippen LogP contribution in [-0.4, -0.2) is 50.6 Å². The van der Waals surface area contributed by atoms with Crippen molar-refractivity contribution in [1.29, 1.82) is 0 Å². The van der Waals surface area contributed by atoms with E-state index in [1.54, 1.807) is 19.6 Å². The lowest BCUT2D eigenvalue weighted by atomic mass is 10.2. The van der Waals surface area contributed by atoms with E-state index in [9.17, 15) is 9.59 Å². The van der Waals surface area contributed by atoms with E-state index in [1.165, 1.54) is 24.1 Å². The zero-order chi connectivity index (χ0) is 17.0. The van der Waals surface area contributed by atoms with Crippen LogP contribution in [0.3, 0.4) is 0 Å². The summed E-state index contributed by atoms with van der Waals surface area (Å²) in [7, 11) is 3.02. The number of aryl methyl sites for hydroxylation is 1. The van der Waals surface area contributed by atoms with E-state index in [4.69, 9.17) is 9.84 Å². The summed E-state index contributed by atoms with van der Waals surface area (Å²) >= 11 is 0. The Hall–Kier alpha value is -2.90. The number of ether oxygens (including phenoxy) is 1. The van der Waals surface area contributed by atoms with Gasteiger partial charge in [-0.3, -0.25) is 4.79 Å². The predicted molar refractivity (Wildman–Crippen MR) is 81.4 cm³/mol. The summed E-state index contributed by atoms with van der Waals surface area (Å²) in [6.07, 6.45) is 3.38. The molecule has 0 aliphatic carbocycles. The van der Waals surface area contributed by atoms with Gasteiger partial charge in [-0.15, -0.1) is 0 Å². The van der Waals surface area contributed by atoms with E-state index in [2.05, 4.69) is 9.97 Å². The Labute approximate surface area is 133 Å². The highest BCUT2D eigenvalue weighted by atomic mass is 16.5. The third-order valence-electron chi connectivity index (χ3n) is 3.36. The number of pyridine rings is 1. The molecule has 0 spiro atoms. The van der Waals surface area contributed by atoms with Gasteiger partial charge < -0.3 is 19.3 Å². The molecule has 0 aromatic carbocycles. The minimum Gasteiger partial charge on any atom is -0.497 e. The number of rotatable bonds is 6. The maximum absolute atomic E-state index is 12.5. The number of aromatic nitrogens is 3. The van der Waals surface area contributed by atoms with Crippen molar-refractivity contribution < 1.29 is 19.4 Å². The smallest absolute Gasteiger partial charge is 0.354 e. The third kappa shape index (κ3) is 3.65. The molecule has 0 saturated heterocycles. The lowest BCUT2D eigenvalue weighted by Gasteiger charge is -2.18. The van der Waals surface area contributed by atoms with Crippen molar-refractivity contribution in [3.63, 3.8) is 0 Å². The van der Waals surface area contributed by atoms with Crippen LogP contribution in [0.15, 0.2) is 24.7 Å². The van der Waals surface area contributed by atoms with E-state index >= 15 is 0 Å². The highest BCUT2D eigenvalue weighted by molar-refractivity contribution is 5.94. The summed E-state index contributed by atoms with van der Waals surface area (Å²) < 4.78 is 6.95. The molecule has 0 fully saturated rings. The number of carboxylic acid groups (broad SMARTS) is 1. The number of methoxy groups -OCH3 is 1. The van der Waals surface area contributed by atoms with Crippen LogP contribution in [0.2, 0.25) is 0 Å². The first-order chi connectivity index (χ1) is 11.0. The number of imidazole rings is 1. The van der Waals surface area contributed by atoms with Gasteiger partial charge in [-0.1, -0.05) is 0 Å². The van der Waals surface area contributed by atoms with Gasteiger partial charge in [0.05, 0.1) is 25.7 Å². The molecule has 2 heterocycles. The average Bonchev–Trinajstić information content (AvgIpc) is 3.00. The van der Waals surface area contributed by atoms with Gasteiger partial charge in [-0.05, 0) is 6.92 Å². The van der Waals surface area contributed by atoms with Crippen LogP contribution >= 0.6 is 0 Å². The zero-order valence-electron chi connectivity index (χ0n) is 13.2. The van der Waals surface area contributed by atoms with Gasteiger partial charge in [-0.25, -0.2) is 14.8 Å². The topological polar surface area (TPSA) is 97.6 Å². The third-order valence-corrected chi connectivity index (χ3v) is 3.36. The Morgan fingerprint density at radius 1 is 1.35 bits per heavy atom. The number of amides is 1. The summed E-state index contributed by atoms with van der Waals surface area (Å²) in [5.74, 6) is -1.34. The Kier molecular flexibility index (Phi) is 4.95. The SMILES string of the molecule is CCn1cncc1CN(C)C(=O)c1cc(OC)cc(C(=O)O)n1. The van der Waals surface area contributed by atoms with E-state index in [0.717, 1.165) is 12.2 Å². The highest BCUT2D eigenvalue weighted by Gasteiger charge is 2.19. The molecule has 0 unspecified atom stereocenters. The number of nitrogens with zero attached hydrogens (tertiary/aromatic N) is 4. The summed E-state index contributed by atoms with van der Waals surface area (Å²) in [6.45, 7) is 3.07. The molecule has 1 N–H and O–H groups in total. The predicted octanol–water partition coefficient (Wildman–Crippen LogP) is 1.28. The van der Waals surface area contributed by atoms with Gasteiger partial charge in [0.1, 0.15) is 11.4 Å². The Bertz CT molecular complexity index is 726. The van der Waals surface area contributed by atoms with Gasteiger partial charge in [0.2, 0.25) is 0 Å². The van der Waals surface area contributed by atoms with Gasteiger partial charge in [0.25, 0.3) is 5.91 Å². The number of aromatic carboxylic acids is 1. The molecule has 1 amide bonds. The monoisotopic (exact) mass is 318 g/mol. The van der Waals surface area contributed by atoms with E-state index < -0.39 is 11.9 Å². The van der Waals surface area contributed by atoms with Crippen LogP contribution in [0.5, 0.6) is 5.75 Å². The van der Waals surface area contributed by atoms with Crippen molar-refractivity contribution in [3.8, 4) is 5.75 Å². The molecule has 0 aliphatic rings. The van der Waals surface area contributed by atoms with Crippen LogP contribution in [0.25, 0.3) is 0 Å². The first-order valence-corrected chi connectivity index (χ1v) is 7.00. The second-order valence-corrected chi connectivity index (χ2v) is 4.91. The van der Waals surface area contributed by atoms with E-state index in [1.807, 2.05) is 11.5 Å². The molecule has 2 aromatic rings. The van der Waals surface area contributed by atoms with Gasteiger partial charge in [0.15, 0.2) is 5.69 Å². The van der Waals surface area contributed by atoms with Crippen molar-refractivity contribution >= 4 is 11.9 Å². The Morgan fingerprint density at radius 3 is 2.65 bits per heavy atom. The van der Waals surface area contributed by atoms with Crippen molar-refractivity contribution in [3.05, 3.63) is 41.7 Å². The molecule has 0 saturated carbocycles. The lowest BCUT2D eigenvalue weighted by Crippen LogP contribution is -2.28. The standard InChI is InChI=1S/C15H18N4O4/c1-4-19-9-16-7-10(19)8-18(2)14(20)12-5-11(23-3)6-13(17-12)15(21)22/h5-7,9H,4,8H2,1-3H3,(H,21,22). The molecule has 0 atom stereocenters. The van der Waals surface area contributed by atoms with Crippen LogP contribution in [-0.2, 0) is 13.1 Å². The van der Waals surface area contributed by atoms with Crippen LogP contribution in [0.1, 0.15) is 33.6 Å². The fourth-order valence-corrected chi connectivity index (χ4v) is 2.12. The molecule has 0 bridgehead atoms. The fourth-order valence-electron chi connectivity index (χ4n) is 2.12. The quantitative estimate of drug-likeness (QED) is 0.861. The molecule has 23 heavy (non-hydrogen) atoms. The van der Waals surface area contributed by atoms with Gasteiger partial charge in [0, 0.05) is 31.9 Å². The fraction of sp³-hybridized carbons (Fsp3) is 0.333. The number of carboxylic acids is 1. The van der Waals surface area contributed by atoms with Crippen molar-refractivity contribution in [2.75, 3.05) is 14.2 Å². The van der Waals surface area contributed by atoms with Crippen LogP contribution < -0.4 is 4.74 Å². The zero-order valence-corrected chi connectivity index (χ0v) is 13.2. The molecule has 2 rings (SSSR count). The Balaban J connectivity index is 2.25. The summed E-state index contributed by atoms with van der Waals surface area (Å²) in [4.78, 5) is 33.0. The van der Waals surface area contributed by atoms with Crippen molar-refractivity contribution in [2.45, 2.75) is 20.0 Å². The molecular formula is C15H18N4O4. The molecular weight excluding hydrogens is 300 g/mol. The van der Waals surface area contributed by atoms with Crippen LogP contribution in [0, 0.1) is 0 Å². The largest absolute Gasteiger partial charge is 0.497 e. The average molecular weight is 318 g/mol. The van der Waals surface area contributed by atoms with E-state index in [-0.39, 0.29) is 17.1 Å². The number of hydrogen-bond donors (Lipinski definition) is 1. The Morgan fingerprint density at radius 2 is 2.04 bits per heavy atom. The first-order valence-electron chi connectivity index (χ1n) is 7.00. The van der Waals surface area contributed by atoms with E-state index in [0.29, 0.717) is 6.54 Å². The molecule has 0 aliphatic heterocycles. The summed E-state index contributed by atoms with van der Waals surface area (Å²) in [5, 5.41) is 9.07. The number of hydrogen-bond acceptors (Lipinski definition) is 5. The highest BCUT2D eigenvalue weighted by Crippen LogP contribution is 2.16. The molecule has 8 heteroatoms. The lowest BCUT2D eigenvalue weighted by molar-refractivity contribution is 0.0689. The van der Waals surface area contributed by atoms with Crippen molar-refractivity contribution in [2.24, 2.45) is 0 Å². The summed E-state index contributed by atoms with van der Waals surface area (Å²) in [5.41, 5.74) is 0.663. The number of carbonyl (C=O) groups excluding carboxylic acids is 1.